The van der Waals surface area contributed by atoms with E-state index in [1.54, 1.807) is 19.1 Å². The third-order valence-electron chi connectivity index (χ3n) is 2.36. The maximum Gasteiger partial charge on any atom is 0.127 e. The molecule has 0 atom stereocenters. The average molecular weight is 221 g/mol. The van der Waals surface area contributed by atoms with Crippen LogP contribution in [0.25, 0.3) is 0 Å². The quantitative estimate of drug-likeness (QED) is 0.864. The summed E-state index contributed by atoms with van der Waals surface area (Å²) in [7, 11) is 0. The molecule has 0 unspecified atom stereocenters. The number of anilines is 1. The summed E-state index contributed by atoms with van der Waals surface area (Å²) in [6.45, 7) is 4.06. The first-order chi connectivity index (χ1) is 7.66. The van der Waals surface area contributed by atoms with Gasteiger partial charge in [0.05, 0.1) is 6.54 Å². The third kappa shape index (κ3) is 2.18. The maximum absolute atomic E-state index is 13.0. The molecule has 0 spiro atoms. The van der Waals surface area contributed by atoms with Crippen molar-refractivity contribution < 1.29 is 9.02 Å². The van der Waals surface area contributed by atoms with Crippen molar-refractivity contribution in [1.29, 1.82) is 0 Å². The second-order valence-electron chi connectivity index (χ2n) is 3.61. The molecule has 2 rings (SSSR count). The van der Waals surface area contributed by atoms with Crippen molar-refractivity contribution in [3.8, 4) is 0 Å². The molecule has 0 aliphatic carbocycles. The number of aryl methyl sites for hydroxylation is 2. The minimum absolute atomic E-state index is 0.204. The molecular formula is C11H12FN3O. The van der Waals surface area contributed by atoms with Crippen molar-refractivity contribution in [2.75, 3.05) is 5.32 Å². The third-order valence-corrected chi connectivity index (χ3v) is 2.36. The molecule has 16 heavy (non-hydrogen) atoms. The molecule has 0 saturated heterocycles. The lowest BCUT2D eigenvalue weighted by Gasteiger charge is -2.05. The van der Waals surface area contributed by atoms with Crippen LogP contribution in [0.3, 0.4) is 0 Å². The summed E-state index contributed by atoms with van der Waals surface area (Å²) in [5.41, 5.74) is 2.97. The Bertz CT molecular complexity index is 496. The summed E-state index contributed by atoms with van der Waals surface area (Å²) in [4.78, 5) is 0. The Labute approximate surface area is 92.4 Å². The van der Waals surface area contributed by atoms with E-state index in [4.69, 9.17) is 0 Å². The van der Waals surface area contributed by atoms with Crippen molar-refractivity contribution in [3.05, 3.63) is 41.0 Å². The van der Waals surface area contributed by atoms with E-state index in [2.05, 4.69) is 20.3 Å². The van der Waals surface area contributed by atoms with Gasteiger partial charge in [-0.15, -0.1) is 0 Å². The smallest absolute Gasteiger partial charge is 0.127 e. The van der Waals surface area contributed by atoms with Crippen LogP contribution >= 0.6 is 0 Å². The Balaban J connectivity index is 2.05. The predicted octanol–water partition coefficient (Wildman–Crippen LogP) is 2.44. The molecule has 2 aromatic rings. The maximum atomic E-state index is 13.0. The molecule has 0 saturated carbocycles. The van der Waals surface area contributed by atoms with Crippen LogP contribution in [0.4, 0.5) is 10.1 Å². The van der Waals surface area contributed by atoms with Crippen LogP contribution < -0.4 is 5.32 Å². The van der Waals surface area contributed by atoms with Gasteiger partial charge in [0.15, 0.2) is 0 Å². The summed E-state index contributed by atoms with van der Waals surface area (Å²) in [6.07, 6.45) is 0. The molecule has 84 valence electrons. The number of halogens is 1. The van der Waals surface area contributed by atoms with E-state index in [-0.39, 0.29) is 5.82 Å². The number of hydrogen-bond acceptors (Lipinski definition) is 4. The van der Waals surface area contributed by atoms with Gasteiger partial charge in [-0.2, -0.15) is 0 Å². The van der Waals surface area contributed by atoms with Crippen molar-refractivity contribution in [1.82, 2.24) is 10.3 Å². The largest absolute Gasteiger partial charge is 0.379 e. The van der Waals surface area contributed by atoms with Crippen molar-refractivity contribution in [2.24, 2.45) is 0 Å². The van der Waals surface area contributed by atoms with E-state index in [9.17, 15) is 4.39 Å². The zero-order valence-corrected chi connectivity index (χ0v) is 9.12. The fraction of sp³-hybridized carbons (Fsp3) is 0.273. The number of hydrogen-bond donors (Lipinski definition) is 1. The molecule has 0 aliphatic heterocycles. The van der Waals surface area contributed by atoms with E-state index in [0.29, 0.717) is 12.1 Å². The second-order valence-corrected chi connectivity index (χ2v) is 3.61. The Morgan fingerprint density at radius 3 is 2.75 bits per heavy atom. The van der Waals surface area contributed by atoms with E-state index < -0.39 is 0 Å². The Morgan fingerprint density at radius 2 is 2.12 bits per heavy atom. The highest BCUT2D eigenvalue weighted by atomic mass is 19.1. The van der Waals surface area contributed by atoms with Crippen LogP contribution in [-0.2, 0) is 6.54 Å². The highest BCUT2D eigenvalue weighted by Crippen LogP contribution is 2.14. The van der Waals surface area contributed by atoms with Crippen LogP contribution in [0.5, 0.6) is 0 Å². The van der Waals surface area contributed by atoms with E-state index in [1.165, 1.54) is 6.07 Å². The zero-order valence-electron chi connectivity index (χ0n) is 9.12. The summed E-state index contributed by atoms with van der Waals surface area (Å²) in [5.74, 6) is -0.204. The lowest BCUT2D eigenvalue weighted by Crippen LogP contribution is -2.01. The molecule has 1 aromatic heterocycles. The summed E-state index contributed by atoms with van der Waals surface area (Å²) < 4.78 is 17.6. The molecule has 0 bridgehead atoms. The first-order valence-electron chi connectivity index (χ1n) is 4.95. The molecule has 0 aliphatic rings. The van der Waals surface area contributed by atoms with E-state index in [1.807, 2.05) is 6.92 Å². The van der Waals surface area contributed by atoms with Crippen molar-refractivity contribution >= 4 is 5.69 Å². The lowest BCUT2D eigenvalue weighted by atomic mass is 10.2. The molecule has 0 amide bonds. The van der Waals surface area contributed by atoms with Gasteiger partial charge in [-0.25, -0.2) is 9.02 Å². The second kappa shape index (κ2) is 4.30. The molecule has 5 heteroatoms. The van der Waals surface area contributed by atoms with Gasteiger partial charge in [-0.3, -0.25) is 0 Å². The van der Waals surface area contributed by atoms with Crippen LogP contribution in [-0.4, -0.2) is 10.3 Å². The normalized spacial score (nSPS) is 10.4. The standard InChI is InChI=1S/C11H12FN3O/c1-7-5-9(3-4-10(7)12)13-6-11-8(2)14-16-15-11/h3-5,13H,6H2,1-2H3. The van der Waals surface area contributed by atoms with Crippen LogP contribution in [0.1, 0.15) is 17.0 Å². The summed E-state index contributed by atoms with van der Waals surface area (Å²) >= 11 is 0. The molecule has 0 radical (unpaired) electrons. The monoisotopic (exact) mass is 221 g/mol. The minimum Gasteiger partial charge on any atom is -0.379 e. The fourth-order valence-corrected chi connectivity index (χ4v) is 1.35. The average Bonchev–Trinajstić information content (AvgIpc) is 2.66. The lowest BCUT2D eigenvalue weighted by molar-refractivity contribution is 0.301. The van der Waals surface area contributed by atoms with Crippen LogP contribution in [0.2, 0.25) is 0 Å². The number of nitrogens with zero attached hydrogens (tertiary/aromatic N) is 2. The first-order valence-corrected chi connectivity index (χ1v) is 4.95. The number of rotatable bonds is 3. The van der Waals surface area contributed by atoms with Gasteiger partial charge in [-0.05, 0) is 37.6 Å². The Morgan fingerprint density at radius 1 is 1.31 bits per heavy atom. The molecule has 1 N–H and O–H groups in total. The highest BCUT2D eigenvalue weighted by Gasteiger charge is 2.05. The minimum atomic E-state index is -0.204. The van der Waals surface area contributed by atoms with Gasteiger partial charge >= 0.3 is 0 Å². The van der Waals surface area contributed by atoms with Gasteiger partial charge < -0.3 is 5.32 Å². The molecule has 4 nitrogen and oxygen atoms in total. The SMILES string of the molecule is Cc1cc(NCc2nonc2C)ccc1F. The van der Waals surface area contributed by atoms with Gasteiger partial charge in [0.1, 0.15) is 17.2 Å². The van der Waals surface area contributed by atoms with Gasteiger partial charge in [-0.1, -0.05) is 10.3 Å². The molecule has 1 heterocycles. The Hall–Kier alpha value is -1.91. The van der Waals surface area contributed by atoms with Gasteiger partial charge in [0.2, 0.25) is 0 Å². The predicted molar refractivity (Wildman–Crippen MR) is 57.5 cm³/mol. The summed E-state index contributed by atoms with van der Waals surface area (Å²) in [5, 5.41) is 10.5. The topological polar surface area (TPSA) is 51.0 Å². The van der Waals surface area contributed by atoms with Crippen molar-refractivity contribution in [3.63, 3.8) is 0 Å². The van der Waals surface area contributed by atoms with E-state index in [0.717, 1.165) is 17.1 Å². The van der Waals surface area contributed by atoms with Crippen LogP contribution in [0, 0.1) is 19.7 Å². The Kier molecular flexibility index (Phi) is 2.85. The molecular weight excluding hydrogens is 209 g/mol. The fourth-order valence-electron chi connectivity index (χ4n) is 1.35. The first kappa shape index (κ1) is 10.6. The van der Waals surface area contributed by atoms with Crippen LogP contribution in [0.15, 0.2) is 22.8 Å². The van der Waals surface area contributed by atoms with Crippen molar-refractivity contribution in [2.45, 2.75) is 20.4 Å². The summed E-state index contributed by atoms with van der Waals surface area (Å²) in [6, 6.07) is 4.87. The van der Waals surface area contributed by atoms with Gasteiger partial charge in [0, 0.05) is 5.69 Å². The van der Waals surface area contributed by atoms with Gasteiger partial charge in [0.25, 0.3) is 0 Å². The highest BCUT2D eigenvalue weighted by molar-refractivity contribution is 5.46. The number of aromatic nitrogens is 2. The zero-order chi connectivity index (χ0) is 11.5. The number of nitrogens with one attached hydrogen (secondary N) is 1. The molecule has 0 fully saturated rings. The van der Waals surface area contributed by atoms with E-state index >= 15 is 0 Å². The number of benzene rings is 1. The molecule has 1 aromatic carbocycles.